The van der Waals surface area contributed by atoms with Gasteiger partial charge >= 0.3 is 0 Å². The molecule has 0 fully saturated rings. The van der Waals surface area contributed by atoms with Crippen LogP contribution in [-0.2, 0) is 0 Å². The third-order valence-corrected chi connectivity index (χ3v) is 5.53. The second-order valence-corrected chi connectivity index (χ2v) is 6.36. The summed E-state index contributed by atoms with van der Waals surface area (Å²) in [6, 6.07) is 15.7. The van der Waals surface area contributed by atoms with Gasteiger partial charge in [0.15, 0.2) is 0 Å². The highest BCUT2D eigenvalue weighted by Gasteiger charge is 2.43. The van der Waals surface area contributed by atoms with Gasteiger partial charge in [0.1, 0.15) is 0 Å². The van der Waals surface area contributed by atoms with E-state index in [0.29, 0.717) is 11.3 Å². The third kappa shape index (κ3) is 1.24. The Hall–Kier alpha value is -1.41. The van der Waals surface area contributed by atoms with E-state index < -0.39 is 0 Å². The molecule has 0 saturated heterocycles. The topological polar surface area (TPSA) is 3.24 Å². The van der Waals surface area contributed by atoms with Gasteiger partial charge in [-0.2, -0.15) is 0 Å². The number of rotatable bonds is 0. The van der Waals surface area contributed by atoms with Crippen LogP contribution in [0.5, 0.6) is 0 Å². The number of nitrogens with zero attached hydrogens (tertiary/aromatic N) is 1. The summed E-state index contributed by atoms with van der Waals surface area (Å²) in [5, 5.41) is 0.541. The van der Waals surface area contributed by atoms with Crippen LogP contribution in [-0.4, -0.2) is 12.4 Å². The molecule has 0 aromatic heterocycles. The zero-order chi connectivity index (χ0) is 12.3. The average Bonchev–Trinajstić information content (AvgIpc) is 2.87. The molecule has 18 heavy (non-hydrogen) atoms. The summed E-state index contributed by atoms with van der Waals surface area (Å²) in [7, 11) is 2.22. The summed E-state index contributed by atoms with van der Waals surface area (Å²) in [6.07, 6.45) is 0. The van der Waals surface area contributed by atoms with Gasteiger partial charge in [-0.1, -0.05) is 42.1 Å². The van der Waals surface area contributed by atoms with Gasteiger partial charge in [0.25, 0.3) is 0 Å². The molecular formula is C16H15NS. The predicted octanol–water partition coefficient (Wildman–Crippen LogP) is 4.01. The number of hydrogen-bond donors (Lipinski definition) is 0. The number of benzene rings is 2. The molecule has 0 spiro atoms. The Bertz CT molecular complexity index is 635. The highest BCUT2D eigenvalue weighted by Crippen LogP contribution is 2.56. The summed E-state index contributed by atoms with van der Waals surface area (Å²) in [5.74, 6) is 0.548. The minimum Gasteiger partial charge on any atom is -0.361 e. The lowest BCUT2D eigenvalue weighted by Gasteiger charge is -2.20. The van der Waals surface area contributed by atoms with Crippen molar-refractivity contribution in [2.24, 2.45) is 0 Å². The van der Waals surface area contributed by atoms with Gasteiger partial charge in [0, 0.05) is 23.5 Å². The monoisotopic (exact) mass is 253 g/mol. The van der Waals surface area contributed by atoms with E-state index in [4.69, 9.17) is 0 Å². The molecular weight excluding hydrogens is 238 g/mol. The molecule has 4 rings (SSSR count). The van der Waals surface area contributed by atoms with Crippen molar-refractivity contribution in [3.8, 4) is 0 Å². The van der Waals surface area contributed by atoms with Crippen LogP contribution in [0.2, 0.25) is 0 Å². The number of likely N-dealkylation sites (N-methyl/N-ethyl adjacent to an activating group) is 1. The summed E-state index contributed by atoms with van der Waals surface area (Å²) in [4.78, 5) is 3.89. The van der Waals surface area contributed by atoms with Crippen LogP contribution in [0.3, 0.4) is 0 Å². The van der Waals surface area contributed by atoms with E-state index in [2.05, 4.69) is 61.3 Å². The van der Waals surface area contributed by atoms with E-state index in [-0.39, 0.29) is 0 Å². The molecule has 2 aromatic carbocycles. The lowest BCUT2D eigenvalue weighted by Crippen LogP contribution is -2.24. The smallest absolute Gasteiger partial charge is 0.0903 e. The first-order chi connectivity index (χ1) is 8.75. The zero-order valence-electron chi connectivity index (χ0n) is 10.6. The number of aryl methyl sites for hydroxylation is 1. The number of hydrogen-bond acceptors (Lipinski definition) is 2. The highest BCUT2D eigenvalue weighted by atomic mass is 32.2. The molecule has 2 atom stereocenters. The van der Waals surface area contributed by atoms with Crippen LogP contribution in [0, 0.1) is 6.92 Å². The minimum absolute atomic E-state index is 0.541. The van der Waals surface area contributed by atoms with Crippen LogP contribution in [0.25, 0.3) is 0 Å². The first-order valence-corrected chi connectivity index (χ1v) is 7.22. The Morgan fingerprint density at radius 2 is 1.89 bits per heavy atom. The van der Waals surface area contributed by atoms with Crippen LogP contribution < -0.4 is 4.90 Å². The lowest BCUT2D eigenvalue weighted by atomic mass is 9.93. The molecule has 2 heteroatoms. The van der Waals surface area contributed by atoms with E-state index in [9.17, 15) is 0 Å². The second kappa shape index (κ2) is 3.55. The van der Waals surface area contributed by atoms with Gasteiger partial charge in [-0.3, -0.25) is 0 Å². The van der Waals surface area contributed by atoms with E-state index >= 15 is 0 Å². The molecule has 2 aliphatic rings. The largest absolute Gasteiger partial charge is 0.361 e. The van der Waals surface area contributed by atoms with E-state index in [0.717, 1.165) is 0 Å². The number of fused-ring (bicyclic) bond motifs is 5. The zero-order valence-corrected chi connectivity index (χ0v) is 11.4. The van der Waals surface area contributed by atoms with Crippen molar-refractivity contribution in [1.29, 1.82) is 0 Å². The normalized spacial score (nSPS) is 23.8. The third-order valence-electron chi connectivity index (χ3n) is 4.07. The van der Waals surface area contributed by atoms with Crippen LogP contribution >= 0.6 is 11.8 Å². The second-order valence-electron chi connectivity index (χ2n) is 5.20. The molecule has 1 nitrogen and oxygen atoms in total. The van der Waals surface area contributed by atoms with Gasteiger partial charge in [0.2, 0.25) is 0 Å². The van der Waals surface area contributed by atoms with Gasteiger partial charge in [-0.15, -0.1) is 0 Å². The Labute approximate surface area is 112 Å². The first-order valence-electron chi connectivity index (χ1n) is 6.34. The van der Waals surface area contributed by atoms with Crippen molar-refractivity contribution >= 4 is 17.4 Å². The Kier molecular flexibility index (Phi) is 2.07. The maximum Gasteiger partial charge on any atom is 0.0903 e. The van der Waals surface area contributed by atoms with E-state index in [1.54, 1.807) is 0 Å². The molecule has 2 heterocycles. The maximum atomic E-state index is 2.44. The predicted molar refractivity (Wildman–Crippen MR) is 77.5 cm³/mol. The molecule has 0 aliphatic carbocycles. The first kappa shape index (κ1) is 10.5. The summed E-state index contributed by atoms with van der Waals surface area (Å²) >= 11 is 2.00. The summed E-state index contributed by atoms with van der Waals surface area (Å²) in [5.41, 5.74) is 5.75. The molecule has 0 radical (unpaired) electrons. The SMILES string of the molecule is Cc1ccc2c(c1)N(C)C1Sc3ccccc3C21. The van der Waals surface area contributed by atoms with Crippen molar-refractivity contribution in [2.75, 3.05) is 11.9 Å². The average molecular weight is 253 g/mol. The van der Waals surface area contributed by atoms with Gasteiger partial charge in [-0.25, -0.2) is 0 Å². The molecule has 0 bridgehead atoms. The fourth-order valence-corrected chi connectivity index (χ4v) is 4.63. The molecule has 2 aliphatic heterocycles. The molecule has 0 saturated carbocycles. The van der Waals surface area contributed by atoms with Gasteiger partial charge in [0.05, 0.1) is 5.37 Å². The van der Waals surface area contributed by atoms with Crippen molar-refractivity contribution in [3.63, 3.8) is 0 Å². The Morgan fingerprint density at radius 3 is 2.78 bits per heavy atom. The quantitative estimate of drug-likeness (QED) is 0.698. The van der Waals surface area contributed by atoms with Gasteiger partial charge in [-0.05, 0) is 35.7 Å². The van der Waals surface area contributed by atoms with Crippen molar-refractivity contribution < 1.29 is 0 Å². The van der Waals surface area contributed by atoms with Crippen molar-refractivity contribution in [1.82, 2.24) is 0 Å². The summed E-state index contributed by atoms with van der Waals surface area (Å²) in [6.45, 7) is 2.17. The minimum atomic E-state index is 0.541. The molecule has 2 aromatic rings. The van der Waals surface area contributed by atoms with Crippen LogP contribution in [0.1, 0.15) is 22.6 Å². The lowest BCUT2D eigenvalue weighted by molar-refractivity contribution is 0.797. The number of anilines is 1. The molecule has 2 unspecified atom stereocenters. The Balaban J connectivity index is 1.94. The standard InChI is InChI=1S/C16H15NS/c1-10-7-8-11-13(9-10)17(2)16-15(11)12-5-3-4-6-14(12)18-16/h3-9,15-16H,1-2H3. The van der Waals surface area contributed by atoms with Crippen LogP contribution in [0.15, 0.2) is 47.4 Å². The maximum absolute atomic E-state index is 2.44. The van der Waals surface area contributed by atoms with E-state index in [1.165, 1.54) is 27.3 Å². The Morgan fingerprint density at radius 1 is 1.06 bits per heavy atom. The molecule has 90 valence electrons. The highest BCUT2D eigenvalue weighted by molar-refractivity contribution is 8.00. The van der Waals surface area contributed by atoms with Crippen LogP contribution in [0.4, 0.5) is 5.69 Å². The van der Waals surface area contributed by atoms with Crippen molar-refractivity contribution in [3.05, 3.63) is 59.2 Å². The van der Waals surface area contributed by atoms with E-state index in [1.807, 2.05) is 11.8 Å². The van der Waals surface area contributed by atoms with Crippen molar-refractivity contribution in [2.45, 2.75) is 23.1 Å². The molecule has 0 amide bonds. The number of thioether (sulfide) groups is 1. The fourth-order valence-electron chi connectivity index (χ4n) is 3.18. The summed E-state index contributed by atoms with van der Waals surface area (Å²) < 4.78 is 0. The van der Waals surface area contributed by atoms with Gasteiger partial charge < -0.3 is 4.90 Å². The molecule has 0 N–H and O–H groups in total. The fraction of sp³-hybridized carbons (Fsp3) is 0.250.